The summed E-state index contributed by atoms with van der Waals surface area (Å²) in [7, 11) is -5.95. The van der Waals surface area contributed by atoms with Crippen molar-refractivity contribution in [3.63, 3.8) is 0 Å². The lowest BCUT2D eigenvalue weighted by Crippen LogP contribution is -2.48. The maximum Gasteiger partial charge on any atom is 0.534 e. The molecule has 0 spiro atoms. The summed E-state index contributed by atoms with van der Waals surface area (Å²) >= 11 is 0. The SMILES string of the molecule is C=C(C)[C@H]1CC(=O)[C@]2(C)CC(=O)C(OS(=O)(=O)C(F)(F)F)=C(C)[C@@H]2C1. The summed E-state index contributed by atoms with van der Waals surface area (Å²) in [5, 5.41) is 0. The lowest BCUT2D eigenvalue weighted by Gasteiger charge is -2.46. The van der Waals surface area contributed by atoms with Crippen LogP contribution in [0.5, 0.6) is 0 Å². The number of carbonyl (C=O) groups excluding carboxylic acids is 2. The van der Waals surface area contributed by atoms with Crippen molar-refractivity contribution in [3.8, 4) is 0 Å². The molecule has 0 radical (unpaired) electrons. The van der Waals surface area contributed by atoms with E-state index in [-0.39, 0.29) is 30.1 Å². The smallest absolute Gasteiger partial charge is 0.372 e. The number of ketones is 2. The maximum absolute atomic E-state index is 12.6. The Morgan fingerprint density at radius 3 is 2.36 bits per heavy atom. The number of fused-ring (bicyclic) bond motifs is 1. The Balaban J connectivity index is 2.49. The van der Waals surface area contributed by atoms with Gasteiger partial charge < -0.3 is 4.18 Å². The Morgan fingerprint density at radius 2 is 1.88 bits per heavy atom. The van der Waals surface area contributed by atoms with Crippen LogP contribution in [0.1, 0.15) is 40.0 Å². The fourth-order valence-corrected chi connectivity index (χ4v) is 4.13. The molecule has 2 aliphatic rings. The van der Waals surface area contributed by atoms with Crippen LogP contribution in [-0.4, -0.2) is 25.5 Å². The van der Waals surface area contributed by atoms with Crippen LogP contribution in [0.3, 0.4) is 0 Å². The lowest BCUT2D eigenvalue weighted by atomic mass is 9.56. The van der Waals surface area contributed by atoms with Crippen molar-refractivity contribution >= 4 is 21.7 Å². The third-order valence-corrected chi connectivity index (χ3v) is 6.15. The molecular weight excluding hydrogens is 361 g/mol. The van der Waals surface area contributed by atoms with Crippen LogP contribution in [0.4, 0.5) is 13.2 Å². The third kappa shape index (κ3) is 3.26. The van der Waals surface area contributed by atoms with Crippen molar-refractivity contribution in [2.75, 3.05) is 0 Å². The van der Waals surface area contributed by atoms with Crippen molar-refractivity contribution in [1.29, 1.82) is 0 Å². The zero-order valence-corrected chi connectivity index (χ0v) is 14.9. The molecule has 5 nitrogen and oxygen atoms in total. The van der Waals surface area contributed by atoms with E-state index in [1.54, 1.807) is 13.8 Å². The molecular formula is C16H19F3O5S. The Hall–Kier alpha value is -1.64. The van der Waals surface area contributed by atoms with E-state index in [2.05, 4.69) is 10.8 Å². The molecule has 0 unspecified atom stereocenters. The summed E-state index contributed by atoms with van der Waals surface area (Å²) in [6, 6.07) is 0. The van der Waals surface area contributed by atoms with Crippen LogP contribution in [-0.2, 0) is 23.9 Å². The fourth-order valence-electron chi connectivity index (χ4n) is 3.59. The van der Waals surface area contributed by atoms with Crippen LogP contribution < -0.4 is 0 Å². The first-order chi connectivity index (χ1) is 11.2. The van der Waals surface area contributed by atoms with Gasteiger partial charge in [0.1, 0.15) is 5.78 Å². The first-order valence-corrected chi connectivity index (χ1v) is 9.05. The van der Waals surface area contributed by atoms with E-state index >= 15 is 0 Å². The molecule has 25 heavy (non-hydrogen) atoms. The maximum atomic E-state index is 12.6. The van der Waals surface area contributed by atoms with Crippen molar-refractivity contribution in [2.45, 2.75) is 45.5 Å². The van der Waals surface area contributed by atoms with Crippen LogP contribution in [0.15, 0.2) is 23.5 Å². The van der Waals surface area contributed by atoms with Crippen LogP contribution >= 0.6 is 0 Å². The molecule has 1 fully saturated rings. The van der Waals surface area contributed by atoms with E-state index in [0.717, 1.165) is 5.57 Å². The largest absolute Gasteiger partial charge is 0.534 e. The van der Waals surface area contributed by atoms with Crippen LogP contribution in [0.25, 0.3) is 0 Å². The number of Topliss-reactive ketones (excluding diaryl/α,β-unsaturated/α-hetero) is 2. The average molecular weight is 380 g/mol. The van der Waals surface area contributed by atoms with E-state index in [1.165, 1.54) is 6.92 Å². The highest BCUT2D eigenvalue weighted by Crippen LogP contribution is 2.52. The average Bonchev–Trinajstić information content (AvgIpc) is 2.44. The second-order valence-corrected chi connectivity index (χ2v) is 8.51. The molecule has 0 amide bonds. The van der Waals surface area contributed by atoms with Gasteiger partial charge in [0, 0.05) is 18.3 Å². The topological polar surface area (TPSA) is 77.5 Å². The normalized spacial score (nSPS) is 31.0. The second kappa shape index (κ2) is 5.96. The van der Waals surface area contributed by atoms with Gasteiger partial charge in [-0.05, 0) is 37.7 Å². The van der Waals surface area contributed by atoms with Gasteiger partial charge in [-0.25, -0.2) is 0 Å². The summed E-state index contributed by atoms with van der Waals surface area (Å²) in [4.78, 5) is 24.8. The zero-order chi connectivity index (χ0) is 19.4. The quantitative estimate of drug-likeness (QED) is 0.427. The van der Waals surface area contributed by atoms with Crippen molar-refractivity contribution in [1.82, 2.24) is 0 Å². The van der Waals surface area contributed by atoms with Crippen LogP contribution in [0.2, 0.25) is 0 Å². The van der Waals surface area contributed by atoms with Gasteiger partial charge in [0.2, 0.25) is 0 Å². The standard InChI is InChI=1S/C16H19F3O5S/c1-8(2)10-5-11-9(3)14(24-25(22,23)16(17,18)19)12(20)7-15(11,4)13(21)6-10/h10-11H,1,5-7H2,2-4H3/t10-,11+,15-/m1/s1. The van der Waals surface area contributed by atoms with E-state index in [4.69, 9.17) is 0 Å². The Bertz CT molecular complexity index is 778. The van der Waals surface area contributed by atoms with Crippen molar-refractivity contribution < 1.29 is 35.4 Å². The molecule has 1 saturated carbocycles. The molecule has 3 atom stereocenters. The van der Waals surface area contributed by atoms with E-state index < -0.39 is 38.5 Å². The van der Waals surface area contributed by atoms with Gasteiger partial charge in [0.15, 0.2) is 11.5 Å². The van der Waals surface area contributed by atoms with Gasteiger partial charge in [-0.15, -0.1) is 0 Å². The minimum absolute atomic E-state index is 0.0610. The summed E-state index contributed by atoms with van der Waals surface area (Å²) in [5.74, 6) is -2.66. The van der Waals surface area contributed by atoms with Gasteiger partial charge in [-0.3, -0.25) is 9.59 Å². The molecule has 0 bridgehead atoms. The molecule has 0 saturated heterocycles. The molecule has 9 heteroatoms. The highest BCUT2D eigenvalue weighted by Gasteiger charge is 2.55. The number of hydrogen-bond acceptors (Lipinski definition) is 5. The Kier molecular flexibility index (Phi) is 4.69. The number of alkyl halides is 3. The molecule has 0 aliphatic heterocycles. The summed E-state index contributed by atoms with van der Waals surface area (Å²) in [6.07, 6.45) is 0.231. The molecule has 2 rings (SSSR count). The van der Waals surface area contributed by atoms with Crippen molar-refractivity contribution in [3.05, 3.63) is 23.5 Å². The minimum Gasteiger partial charge on any atom is -0.372 e. The van der Waals surface area contributed by atoms with Gasteiger partial charge in [0.05, 0.1) is 0 Å². The summed E-state index contributed by atoms with van der Waals surface area (Å²) in [5.41, 5.74) is -5.89. The molecule has 0 aromatic rings. The van der Waals surface area contributed by atoms with E-state index in [0.29, 0.717) is 6.42 Å². The third-order valence-electron chi connectivity index (χ3n) is 5.19. The molecule has 140 valence electrons. The number of rotatable bonds is 3. The predicted octanol–water partition coefficient (Wildman–Crippen LogP) is 3.28. The molecule has 2 aliphatic carbocycles. The molecule has 0 aromatic carbocycles. The van der Waals surface area contributed by atoms with Gasteiger partial charge in [-0.1, -0.05) is 19.1 Å². The predicted molar refractivity (Wildman–Crippen MR) is 82.5 cm³/mol. The highest BCUT2D eigenvalue weighted by molar-refractivity contribution is 7.87. The first-order valence-electron chi connectivity index (χ1n) is 7.64. The van der Waals surface area contributed by atoms with Gasteiger partial charge in [0.25, 0.3) is 0 Å². The minimum atomic E-state index is -5.95. The molecule has 0 heterocycles. The second-order valence-electron chi connectivity index (χ2n) is 6.97. The first kappa shape index (κ1) is 19.7. The fraction of sp³-hybridized carbons (Fsp3) is 0.625. The van der Waals surface area contributed by atoms with Gasteiger partial charge >= 0.3 is 15.6 Å². The highest BCUT2D eigenvalue weighted by atomic mass is 32.2. The Morgan fingerprint density at radius 1 is 1.32 bits per heavy atom. The summed E-state index contributed by atoms with van der Waals surface area (Å²) < 4.78 is 64.4. The van der Waals surface area contributed by atoms with Crippen LogP contribution in [0, 0.1) is 17.3 Å². The lowest BCUT2D eigenvalue weighted by molar-refractivity contribution is -0.140. The molecule has 0 aromatic heterocycles. The van der Waals surface area contributed by atoms with Crippen molar-refractivity contribution in [2.24, 2.45) is 17.3 Å². The van der Waals surface area contributed by atoms with E-state index in [9.17, 15) is 31.2 Å². The number of carbonyl (C=O) groups is 2. The zero-order valence-electron chi connectivity index (χ0n) is 14.1. The number of allylic oxidation sites excluding steroid dienone is 3. The van der Waals surface area contributed by atoms with Gasteiger partial charge in [-0.2, -0.15) is 21.6 Å². The summed E-state index contributed by atoms with van der Waals surface area (Å²) in [6.45, 7) is 8.49. The monoisotopic (exact) mass is 380 g/mol. The number of halogens is 3. The van der Waals surface area contributed by atoms with E-state index in [1.807, 2.05) is 0 Å². The molecule has 0 N–H and O–H groups in total. The number of hydrogen-bond donors (Lipinski definition) is 0. The Labute approximate surface area is 144 Å².